The molecule has 0 aliphatic carbocycles. The van der Waals surface area contributed by atoms with Crippen molar-refractivity contribution in [2.24, 2.45) is 0 Å². The SMILES string of the molecule is CCOC(=O)c1ccccc1NS(=O)(=O)c1ccc(OCC(=O)N(C)C)cc1. The molecule has 0 aliphatic rings. The number of ether oxygens (including phenoxy) is 2. The third-order valence-electron chi connectivity index (χ3n) is 3.66. The van der Waals surface area contributed by atoms with Crippen LogP contribution in [0.15, 0.2) is 53.4 Å². The summed E-state index contributed by atoms with van der Waals surface area (Å²) >= 11 is 0. The van der Waals surface area contributed by atoms with Crippen molar-refractivity contribution in [2.45, 2.75) is 11.8 Å². The van der Waals surface area contributed by atoms with E-state index in [1.807, 2.05) is 0 Å². The number of anilines is 1. The summed E-state index contributed by atoms with van der Waals surface area (Å²) in [4.78, 5) is 24.9. The van der Waals surface area contributed by atoms with Crippen LogP contribution in [0.25, 0.3) is 0 Å². The molecule has 0 saturated heterocycles. The number of esters is 1. The standard InChI is InChI=1S/C19H22N2O6S/c1-4-26-19(23)16-7-5-6-8-17(16)20-28(24,25)15-11-9-14(10-12-15)27-13-18(22)21(2)3/h5-12,20H,4,13H2,1-3H3. The highest BCUT2D eigenvalue weighted by molar-refractivity contribution is 7.92. The van der Waals surface area contributed by atoms with E-state index in [1.165, 1.54) is 41.3 Å². The van der Waals surface area contributed by atoms with Gasteiger partial charge in [-0.1, -0.05) is 12.1 Å². The van der Waals surface area contributed by atoms with Crippen molar-refractivity contribution < 1.29 is 27.5 Å². The van der Waals surface area contributed by atoms with Crippen molar-refractivity contribution in [1.29, 1.82) is 0 Å². The van der Waals surface area contributed by atoms with Gasteiger partial charge in [-0.3, -0.25) is 9.52 Å². The molecule has 0 radical (unpaired) electrons. The van der Waals surface area contributed by atoms with Gasteiger partial charge in [-0.15, -0.1) is 0 Å². The van der Waals surface area contributed by atoms with Crippen LogP contribution in [0.3, 0.4) is 0 Å². The summed E-state index contributed by atoms with van der Waals surface area (Å²) in [5, 5.41) is 0. The van der Waals surface area contributed by atoms with Gasteiger partial charge in [-0.2, -0.15) is 0 Å². The molecule has 0 bridgehead atoms. The Morgan fingerprint density at radius 3 is 2.29 bits per heavy atom. The Morgan fingerprint density at radius 1 is 1.04 bits per heavy atom. The van der Waals surface area contributed by atoms with Crippen LogP contribution in [0.2, 0.25) is 0 Å². The number of hydrogen-bond donors (Lipinski definition) is 1. The lowest BCUT2D eigenvalue weighted by Gasteiger charge is -2.13. The number of hydrogen-bond acceptors (Lipinski definition) is 6. The number of benzene rings is 2. The molecular weight excluding hydrogens is 384 g/mol. The van der Waals surface area contributed by atoms with Gasteiger partial charge < -0.3 is 14.4 Å². The summed E-state index contributed by atoms with van der Waals surface area (Å²) in [5.74, 6) is -0.467. The highest BCUT2D eigenvalue weighted by Crippen LogP contribution is 2.22. The molecule has 0 atom stereocenters. The molecule has 2 aromatic carbocycles. The average molecular weight is 406 g/mol. The Kier molecular flexibility index (Phi) is 7.00. The Morgan fingerprint density at radius 2 is 1.68 bits per heavy atom. The van der Waals surface area contributed by atoms with E-state index in [9.17, 15) is 18.0 Å². The van der Waals surface area contributed by atoms with Crippen molar-refractivity contribution in [2.75, 3.05) is 32.0 Å². The molecule has 1 amide bonds. The summed E-state index contributed by atoms with van der Waals surface area (Å²) in [6, 6.07) is 11.8. The maximum Gasteiger partial charge on any atom is 0.340 e. The van der Waals surface area contributed by atoms with Crippen molar-refractivity contribution >= 4 is 27.6 Å². The molecule has 28 heavy (non-hydrogen) atoms. The van der Waals surface area contributed by atoms with Gasteiger partial charge in [0.05, 0.1) is 22.8 Å². The van der Waals surface area contributed by atoms with E-state index in [1.54, 1.807) is 33.2 Å². The number of rotatable bonds is 8. The number of carbonyl (C=O) groups excluding carboxylic acids is 2. The van der Waals surface area contributed by atoms with Crippen molar-refractivity contribution in [3.63, 3.8) is 0 Å². The molecule has 0 spiro atoms. The molecule has 2 rings (SSSR count). The minimum Gasteiger partial charge on any atom is -0.484 e. The zero-order valence-electron chi connectivity index (χ0n) is 15.8. The quantitative estimate of drug-likeness (QED) is 0.674. The van der Waals surface area contributed by atoms with E-state index in [4.69, 9.17) is 9.47 Å². The summed E-state index contributed by atoms with van der Waals surface area (Å²) in [6.07, 6.45) is 0. The van der Waals surface area contributed by atoms with Crippen LogP contribution in [0.4, 0.5) is 5.69 Å². The van der Waals surface area contributed by atoms with Crippen LogP contribution in [-0.2, 0) is 19.6 Å². The van der Waals surface area contributed by atoms with E-state index >= 15 is 0 Å². The average Bonchev–Trinajstić information content (AvgIpc) is 2.66. The zero-order chi connectivity index (χ0) is 20.7. The van der Waals surface area contributed by atoms with Gasteiger partial charge in [0.25, 0.3) is 15.9 Å². The number of likely N-dealkylation sites (N-methyl/N-ethyl adjacent to an activating group) is 1. The molecule has 0 fully saturated rings. The second-order valence-electron chi connectivity index (χ2n) is 5.92. The third kappa shape index (κ3) is 5.46. The summed E-state index contributed by atoms with van der Waals surface area (Å²) in [6.45, 7) is 1.70. The molecular formula is C19H22N2O6S. The Hall–Kier alpha value is -3.07. The first-order chi connectivity index (χ1) is 13.2. The number of amides is 1. The van der Waals surface area contributed by atoms with Crippen LogP contribution < -0.4 is 9.46 Å². The van der Waals surface area contributed by atoms with Gasteiger partial charge in [0.1, 0.15) is 5.75 Å². The largest absolute Gasteiger partial charge is 0.484 e. The van der Waals surface area contributed by atoms with E-state index in [0.29, 0.717) is 5.75 Å². The fourth-order valence-corrected chi connectivity index (χ4v) is 3.23. The molecule has 0 saturated carbocycles. The van der Waals surface area contributed by atoms with Crippen LogP contribution in [0, 0.1) is 0 Å². The Balaban J connectivity index is 2.15. The first-order valence-corrected chi connectivity index (χ1v) is 9.95. The molecule has 1 N–H and O–H groups in total. The monoisotopic (exact) mass is 406 g/mol. The molecule has 8 nitrogen and oxygen atoms in total. The van der Waals surface area contributed by atoms with Crippen molar-refractivity contribution in [3.05, 3.63) is 54.1 Å². The highest BCUT2D eigenvalue weighted by Gasteiger charge is 2.19. The molecule has 150 valence electrons. The Bertz CT molecular complexity index is 939. The predicted molar refractivity (Wildman–Crippen MR) is 104 cm³/mol. The molecule has 0 heterocycles. The minimum atomic E-state index is -3.93. The topological polar surface area (TPSA) is 102 Å². The van der Waals surface area contributed by atoms with Gasteiger partial charge >= 0.3 is 5.97 Å². The Labute approximate surface area is 164 Å². The molecule has 0 unspecified atom stereocenters. The minimum absolute atomic E-state index is 0.0163. The first-order valence-electron chi connectivity index (χ1n) is 8.46. The second kappa shape index (κ2) is 9.23. The summed E-state index contributed by atoms with van der Waals surface area (Å²) in [7, 11) is -0.710. The normalized spacial score (nSPS) is 10.8. The number of nitrogens with zero attached hydrogens (tertiary/aromatic N) is 1. The third-order valence-corrected chi connectivity index (χ3v) is 5.04. The van der Waals surface area contributed by atoms with Crippen LogP contribution in [0.5, 0.6) is 5.75 Å². The molecule has 9 heteroatoms. The maximum absolute atomic E-state index is 12.6. The lowest BCUT2D eigenvalue weighted by Crippen LogP contribution is -2.27. The van der Waals surface area contributed by atoms with Crippen LogP contribution in [-0.4, -0.2) is 52.5 Å². The second-order valence-corrected chi connectivity index (χ2v) is 7.60. The smallest absolute Gasteiger partial charge is 0.340 e. The molecule has 2 aromatic rings. The van der Waals surface area contributed by atoms with E-state index in [-0.39, 0.29) is 35.3 Å². The lowest BCUT2D eigenvalue weighted by atomic mass is 10.2. The summed E-state index contributed by atoms with van der Waals surface area (Å²) < 4.78 is 37.9. The number of carbonyl (C=O) groups is 2. The molecule has 0 aliphatic heterocycles. The van der Waals surface area contributed by atoms with Crippen LogP contribution >= 0.6 is 0 Å². The van der Waals surface area contributed by atoms with Gasteiger partial charge in [0.2, 0.25) is 0 Å². The first kappa shape index (κ1) is 21.2. The fraction of sp³-hybridized carbons (Fsp3) is 0.263. The van der Waals surface area contributed by atoms with Crippen molar-refractivity contribution in [3.8, 4) is 5.75 Å². The van der Waals surface area contributed by atoms with Gasteiger partial charge in [-0.05, 0) is 43.3 Å². The summed E-state index contributed by atoms with van der Waals surface area (Å²) in [5.41, 5.74) is 0.243. The lowest BCUT2D eigenvalue weighted by molar-refractivity contribution is -0.130. The van der Waals surface area contributed by atoms with Crippen LogP contribution in [0.1, 0.15) is 17.3 Å². The van der Waals surface area contributed by atoms with Gasteiger partial charge in [0, 0.05) is 14.1 Å². The fourth-order valence-electron chi connectivity index (χ4n) is 2.15. The van der Waals surface area contributed by atoms with E-state index in [0.717, 1.165) is 0 Å². The van der Waals surface area contributed by atoms with Crippen molar-refractivity contribution in [1.82, 2.24) is 4.90 Å². The zero-order valence-corrected chi connectivity index (χ0v) is 16.7. The van der Waals surface area contributed by atoms with Gasteiger partial charge in [-0.25, -0.2) is 13.2 Å². The van der Waals surface area contributed by atoms with E-state index in [2.05, 4.69) is 4.72 Å². The number of para-hydroxylation sites is 1. The highest BCUT2D eigenvalue weighted by atomic mass is 32.2. The predicted octanol–water partition coefficient (Wildman–Crippen LogP) is 2.13. The molecule has 0 aromatic heterocycles. The van der Waals surface area contributed by atoms with E-state index < -0.39 is 16.0 Å². The maximum atomic E-state index is 12.6. The number of sulfonamides is 1. The van der Waals surface area contributed by atoms with Gasteiger partial charge in [0.15, 0.2) is 6.61 Å². The number of nitrogens with one attached hydrogen (secondary N) is 1.